The molecule has 0 radical (unpaired) electrons. The highest BCUT2D eigenvalue weighted by Crippen LogP contribution is 2.24. The maximum Gasteiger partial charge on any atom is 0.0701 e. The molecule has 1 aromatic carbocycles. The van der Waals surface area contributed by atoms with Gasteiger partial charge in [0.15, 0.2) is 0 Å². The van der Waals surface area contributed by atoms with Crippen LogP contribution in [0.1, 0.15) is 48.6 Å². The molecule has 0 fully saturated rings. The summed E-state index contributed by atoms with van der Waals surface area (Å²) >= 11 is 0. The third kappa shape index (κ3) is 6.16. The molecule has 0 saturated heterocycles. The number of aryl methyl sites for hydroxylation is 3. The van der Waals surface area contributed by atoms with Gasteiger partial charge in [-0.05, 0) is 57.4 Å². The van der Waals surface area contributed by atoms with Gasteiger partial charge in [0, 0.05) is 6.61 Å². The summed E-state index contributed by atoms with van der Waals surface area (Å²) in [5, 5.41) is 3.61. The van der Waals surface area contributed by atoms with Crippen molar-refractivity contribution in [2.24, 2.45) is 0 Å². The molecule has 1 N–H and O–H groups in total. The Kier molecular flexibility index (Phi) is 8.58. The largest absolute Gasteiger partial charge is 0.379 e. The molecule has 1 unspecified atom stereocenters. The van der Waals surface area contributed by atoms with Gasteiger partial charge in [-0.2, -0.15) is 0 Å². The van der Waals surface area contributed by atoms with Crippen LogP contribution in [0.4, 0.5) is 0 Å². The van der Waals surface area contributed by atoms with Crippen LogP contribution in [0.2, 0.25) is 0 Å². The van der Waals surface area contributed by atoms with Gasteiger partial charge in [0.2, 0.25) is 0 Å². The van der Waals surface area contributed by atoms with Gasteiger partial charge >= 0.3 is 0 Å². The van der Waals surface area contributed by atoms with E-state index in [1.165, 1.54) is 22.3 Å². The molecule has 21 heavy (non-hydrogen) atoms. The zero-order valence-electron chi connectivity index (χ0n) is 14.3. The molecule has 1 rings (SSSR count). The number of hydrogen-bond acceptors (Lipinski definition) is 3. The number of benzene rings is 1. The Morgan fingerprint density at radius 3 is 2.19 bits per heavy atom. The summed E-state index contributed by atoms with van der Waals surface area (Å²) in [4.78, 5) is 0. The number of ether oxygens (including phenoxy) is 2. The summed E-state index contributed by atoms with van der Waals surface area (Å²) in [6.07, 6.45) is 1.12. The van der Waals surface area contributed by atoms with Gasteiger partial charge in [0.05, 0.1) is 25.9 Å². The minimum atomic E-state index is 0.257. The molecule has 0 saturated carbocycles. The van der Waals surface area contributed by atoms with E-state index in [4.69, 9.17) is 9.47 Å². The SMILES string of the molecule is CCCNC(COCCOCC)c1c(C)cc(C)cc1C. The van der Waals surface area contributed by atoms with Gasteiger partial charge in [0.1, 0.15) is 0 Å². The molecule has 1 atom stereocenters. The van der Waals surface area contributed by atoms with E-state index in [0.29, 0.717) is 19.8 Å². The zero-order valence-corrected chi connectivity index (χ0v) is 14.3. The summed E-state index contributed by atoms with van der Waals surface area (Å²) in [6.45, 7) is 14.5. The Hall–Kier alpha value is -0.900. The average Bonchev–Trinajstić information content (AvgIpc) is 2.42. The minimum absolute atomic E-state index is 0.257. The first kappa shape index (κ1) is 18.1. The zero-order chi connectivity index (χ0) is 15.7. The molecule has 3 heteroatoms. The van der Waals surface area contributed by atoms with E-state index in [1.807, 2.05) is 6.92 Å². The lowest BCUT2D eigenvalue weighted by Crippen LogP contribution is -2.28. The fraction of sp³-hybridized carbons (Fsp3) is 0.667. The summed E-state index contributed by atoms with van der Waals surface area (Å²) in [5.74, 6) is 0. The van der Waals surface area contributed by atoms with Crippen LogP contribution < -0.4 is 5.32 Å². The normalized spacial score (nSPS) is 12.6. The molecule has 1 aromatic rings. The minimum Gasteiger partial charge on any atom is -0.379 e. The maximum atomic E-state index is 5.80. The topological polar surface area (TPSA) is 30.5 Å². The van der Waals surface area contributed by atoms with Gasteiger partial charge in [-0.25, -0.2) is 0 Å². The second-order valence-corrected chi connectivity index (χ2v) is 5.59. The number of hydrogen-bond donors (Lipinski definition) is 1. The van der Waals surface area contributed by atoms with Crippen LogP contribution in [0.15, 0.2) is 12.1 Å². The summed E-state index contributed by atoms with van der Waals surface area (Å²) < 4.78 is 11.1. The van der Waals surface area contributed by atoms with Crippen LogP contribution in [0, 0.1) is 20.8 Å². The lowest BCUT2D eigenvalue weighted by molar-refractivity contribution is 0.0432. The van der Waals surface area contributed by atoms with Gasteiger partial charge in [-0.1, -0.05) is 24.6 Å². The second kappa shape index (κ2) is 9.93. The number of nitrogens with one attached hydrogen (secondary N) is 1. The molecule has 0 aromatic heterocycles. The van der Waals surface area contributed by atoms with Crippen molar-refractivity contribution >= 4 is 0 Å². The molecule has 0 aliphatic rings. The Morgan fingerprint density at radius 1 is 1.00 bits per heavy atom. The van der Waals surface area contributed by atoms with E-state index in [2.05, 4.69) is 45.1 Å². The van der Waals surface area contributed by atoms with E-state index < -0.39 is 0 Å². The van der Waals surface area contributed by atoms with Gasteiger partial charge in [0.25, 0.3) is 0 Å². The second-order valence-electron chi connectivity index (χ2n) is 5.59. The summed E-state index contributed by atoms with van der Waals surface area (Å²) in [5.41, 5.74) is 5.38. The molecule has 0 aliphatic heterocycles. The van der Waals surface area contributed by atoms with Crippen LogP contribution in [0.5, 0.6) is 0 Å². The number of rotatable bonds is 10. The predicted octanol–water partition coefficient (Wildman–Crippen LogP) is 3.71. The van der Waals surface area contributed by atoms with E-state index in [9.17, 15) is 0 Å². The first-order valence-corrected chi connectivity index (χ1v) is 8.06. The Bertz CT molecular complexity index is 395. The lowest BCUT2D eigenvalue weighted by atomic mass is 9.94. The van der Waals surface area contributed by atoms with Gasteiger partial charge in [-0.15, -0.1) is 0 Å². The van der Waals surface area contributed by atoms with Crippen molar-refractivity contribution in [1.29, 1.82) is 0 Å². The Balaban J connectivity index is 2.72. The molecule has 3 nitrogen and oxygen atoms in total. The third-order valence-corrected chi connectivity index (χ3v) is 3.59. The molecular formula is C18H31NO2. The third-order valence-electron chi connectivity index (χ3n) is 3.59. The highest BCUT2D eigenvalue weighted by Gasteiger charge is 2.16. The molecule has 0 bridgehead atoms. The van der Waals surface area contributed by atoms with E-state index in [1.54, 1.807) is 0 Å². The average molecular weight is 293 g/mol. The van der Waals surface area contributed by atoms with Crippen molar-refractivity contribution in [2.45, 2.75) is 47.1 Å². The van der Waals surface area contributed by atoms with Gasteiger partial charge < -0.3 is 14.8 Å². The fourth-order valence-corrected chi connectivity index (χ4v) is 2.77. The van der Waals surface area contributed by atoms with Crippen molar-refractivity contribution in [1.82, 2.24) is 5.32 Å². The molecule has 0 amide bonds. The van der Waals surface area contributed by atoms with Crippen LogP contribution in [-0.2, 0) is 9.47 Å². The van der Waals surface area contributed by atoms with Crippen LogP contribution in [-0.4, -0.2) is 33.0 Å². The molecule has 120 valence electrons. The lowest BCUT2D eigenvalue weighted by Gasteiger charge is -2.23. The highest BCUT2D eigenvalue weighted by molar-refractivity contribution is 5.39. The molecule has 0 spiro atoms. The van der Waals surface area contributed by atoms with Crippen LogP contribution >= 0.6 is 0 Å². The first-order valence-electron chi connectivity index (χ1n) is 8.06. The van der Waals surface area contributed by atoms with Crippen LogP contribution in [0.3, 0.4) is 0 Å². The molecule has 0 aliphatic carbocycles. The summed E-state index contributed by atoms with van der Waals surface area (Å²) in [6, 6.07) is 4.76. The predicted molar refractivity (Wildman–Crippen MR) is 89.0 cm³/mol. The molecular weight excluding hydrogens is 262 g/mol. The molecule has 0 heterocycles. The van der Waals surface area contributed by atoms with Gasteiger partial charge in [-0.3, -0.25) is 0 Å². The Morgan fingerprint density at radius 2 is 1.62 bits per heavy atom. The van der Waals surface area contributed by atoms with E-state index in [0.717, 1.165) is 19.6 Å². The van der Waals surface area contributed by atoms with Crippen molar-refractivity contribution in [3.05, 3.63) is 34.4 Å². The monoisotopic (exact) mass is 293 g/mol. The van der Waals surface area contributed by atoms with Crippen molar-refractivity contribution < 1.29 is 9.47 Å². The fourth-order valence-electron chi connectivity index (χ4n) is 2.77. The first-order chi connectivity index (χ1) is 10.1. The Labute approximate surface area is 130 Å². The van der Waals surface area contributed by atoms with E-state index in [-0.39, 0.29) is 6.04 Å². The van der Waals surface area contributed by atoms with Crippen molar-refractivity contribution in [2.75, 3.05) is 33.0 Å². The smallest absolute Gasteiger partial charge is 0.0701 e. The van der Waals surface area contributed by atoms with Crippen molar-refractivity contribution in [3.8, 4) is 0 Å². The van der Waals surface area contributed by atoms with Crippen molar-refractivity contribution in [3.63, 3.8) is 0 Å². The highest BCUT2D eigenvalue weighted by atomic mass is 16.5. The standard InChI is InChI=1S/C18H31NO2/c1-6-8-19-17(13-21-10-9-20-7-2)18-15(4)11-14(3)12-16(18)5/h11-12,17,19H,6-10,13H2,1-5H3. The maximum absolute atomic E-state index is 5.80. The summed E-state index contributed by atoms with van der Waals surface area (Å²) in [7, 11) is 0. The van der Waals surface area contributed by atoms with Crippen LogP contribution in [0.25, 0.3) is 0 Å². The van der Waals surface area contributed by atoms with E-state index >= 15 is 0 Å². The quantitative estimate of drug-likeness (QED) is 0.667.